The lowest BCUT2D eigenvalue weighted by molar-refractivity contribution is 0.0879. The second-order valence-electron chi connectivity index (χ2n) is 9.31. The van der Waals surface area contributed by atoms with Gasteiger partial charge in [0.2, 0.25) is 0 Å². The van der Waals surface area contributed by atoms with Crippen molar-refractivity contribution in [1.29, 1.82) is 0 Å². The minimum atomic E-state index is 0.186. The van der Waals surface area contributed by atoms with E-state index in [1.165, 1.54) is 12.8 Å². The summed E-state index contributed by atoms with van der Waals surface area (Å²) in [6.07, 6.45) is 11.4. The van der Waals surface area contributed by atoms with Crippen molar-refractivity contribution in [2.24, 2.45) is 0 Å². The fraction of sp³-hybridized carbons (Fsp3) is 0.800. The van der Waals surface area contributed by atoms with Crippen molar-refractivity contribution in [3.8, 4) is 0 Å². The Hall–Kier alpha value is -1.32. The van der Waals surface area contributed by atoms with Gasteiger partial charge in [-0.25, -0.2) is 0 Å². The molecule has 2 aliphatic rings. The van der Waals surface area contributed by atoms with Crippen molar-refractivity contribution < 1.29 is 0 Å². The normalized spacial score (nSPS) is 20.0. The molecule has 0 saturated carbocycles. The lowest BCUT2D eigenvalue weighted by Gasteiger charge is -2.41. The van der Waals surface area contributed by atoms with Crippen LogP contribution in [0.3, 0.4) is 0 Å². The molecule has 0 aromatic carbocycles. The zero-order valence-corrected chi connectivity index (χ0v) is 17.1. The van der Waals surface area contributed by atoms with Crippen molar-refractivity contribution in [1.82, 2.24) is 19.6 Å². The maximum Gasteiger partial charge on any atom is 0.0903 e. The minimum Gasteiger partial charge on any atom is -0.356 e. The van der Waals surface area contributed by atoms with E-state index in [1.54, 1.807) is 0 Å². The fourth-order valence-electron chi connectivity index (χ4n) is 3.20. The highest BCUT2D eigenvalue weighted by atomic mass is 15.4. The van der Waals surface area contributed by atoms with E-state index in [0.717, 1.165) is 13.3 Å². The molecule has 24 heavy (non-hydrogen) atoms. The maximum absolute atomic E-state index is 2.49. The average molecular weight is 335 g/mol. The molecule has 0 spiro atoms. The molecule has 2 rings (SSSR count). The Morgan fingerprint density at radius 2 is 1.38 bits per heavy atom. The predicted octanol–water partition coefficient (Wildman–Crippen LogP) is 4.23. The van der Waals surface area contributed by atoms with Gasteiger partial charge < -0.3 is 19.6 Å². The van der Waals surface area contributed by atoms with Gasteiger partial charge in [0.15, 0.2) is 0 Å². The molecule has 0 N–H and O–H groups in total. The van der Waals surface area contributed by atoms with E-state index in [0.29, 0.717) is 12.1 Å². The third-order valence-electron chi connectivity index (χ3n) is 5.55. The van der Waals surface area contributed by atoms with Gasteiger partial charge in [0.05, 0.1) is 13.3 Å². The number of hydrogen-bond acceptors (Lipinski definition) is 4. The third kappa shape index (κ3) is 4.40. The van der Waals surface area contributed by atoms with E-state index in [9.17, 15) is 0 Å². The molecule has 0 saturated heterocycles. The molecule has 1 atom stereocenters. The SMILES string of the molecule is CC(C)N1C=CN(C(C)CCC(C)(C)N2C=CN(C(C)(C)C)C2)C1. The summed E-state index contributed by atoms with van der Waals surface area (Å²) in [6, 6.07) is 1.16. The number of hydrogen-bond donors (Lipinski definition) is 0. The molecule has 0 radical (unpaired) electrons. The zero-order valence-electron chi connectivity index (χ0n) is 17.1. The molecule has 138 valence electrons. The molecule has 2 aliphatic heterocycles. The van der Waals surface area contributed by atoms with Crippen LogP contribution in [0.25, 0.3) is 0 Å². The van der Waals surface area contributed by atoms with Crippen LogP contribution in [-0.2, 0) is 0 Å². The highest BCUT2D eigenvalue weighted by Gasteiger charge is 2.32. The molecule has 1 unspecified atom stereocenters. The van der Waals surface area contributed by atoms with Crippen LogP contribution < -0.4 is 0 Å². The Balaban J connectivity index is 1.83. The van der Waals surface area contributed by atoms with E-state index >= 15 is 0 Å². The van der Waals surface area contributed by atoms with Crippen molar-refractivity contribution >= 4 is 0 Å². The first-order valence-corrected chi connectivity index (χ1v) is 9.42. The molecule has 4 nitrogen and oxygen atoms in total. The summed E-state index contributed by atoms with van der Waals surface area (Å²) in [5.74, 6) is 0. The van der Waals surface area contributed by atoms with Gasteiger partial charge in [0.1, 0.15) is 0 Å². The van der Waals surface area contributed by atoms with Gasteiger partial charge in [-0.1, -0.05) is 0 Å². The summed E-state index contributed by atoms with van der Waals surface area (Å²) in [5.41, 5.74) is 0.376. The van der Waals surface area contributed by atoms with E-state index in [2.05, 4.69) is 99.8 Å². The summed E-state index contributed by atoms with van der Waals surface area (Å²) in [5, 5.41) is 0. The Kier molecular flexibility index (Phi) is 5.46. The van der Waals surface area contributed by atoms with E-state index < -0.39 is 0 Å². The summed E-state index contributed by atoms with van der Waals surface area (Å²) in [7, 11) is 0. The number of nitrogens with zero attached hydrogens (tertiary/aromatic N) is 4. The molecule has 0 aromatic heterocycles. The first-order chi connectivity index (χ1) is 11.0. The van der Waals surface area contributed by atoms with E-state index in [1.807, 2.05) is 0 Å². The van der Waals surface area contributed by atoms with Crippen LogP contribution in [-0.4, -0.2) is 56.1 Å². The van der Waals surface area contributed by atoms with Gasteiger partial charge in [-0.2, -0.15) is 0 Å². The van der Waals surface area contributed by atoms with Crippen LogP contribution in [0.1, 0.15) is 68.2 Å². The number of rotatable bonds is 6. The second kappa shape index (κ2) is 6.89. The molecule has 4 heteroatoms. The summed E-state index contributed by atoms with van der Waals surface area (Å²) >= 11 is 0. The van der Waals surface area contributed by atoms with Gasteiger partial charge in [0.25, 0.3) is 0 Å². The Bertz CT molecular complexity index is 473. The largest absolute Gasteiger partial charge is 0.356 e. The van der Waals surface area contributed by atoms with Crippen LogP contribution in [0.5, 0.6) is 0 Å². The lowest BCUT2D eigenvalue weighted by atomic mass is 9.94. The highest BCUT2D eigenvalue weighted by Crippen LogP contribution is 2.29. The smallest absolute Gasteiger partial charge is 0.0903 e. The van der Waals surface area contributed by atoms with E-state index in [4.69, 9.17) is 0 Å². The third-order valence-corrected chi connectivity index (χ3v) is 5.55. The van der Waals surface area contributed by atoms with Crippen LogP contribution >= 0.6 is 0 Å². The van der Waals surface area contributed by atoms with Crippen molar-refractivity contribution in [2.45, 2.75) is 91.4 Å². The molecule has 2 heterocycles. The minimum absolute atomic E-state index is 0.186. The van der Waals surface area contributed by atoms with Crippen molar-refractivity contribution in [3.63, 3.8) is 0 Å². The van der Waals surface area contributed by atoms with Crippen molar-refractivity contribution in [3.05, 3.63) is 24.8 Å². The fourth-order valence-corrected chi connectivity index (χ4v) is 3.20. The van der Waals surface area contributed by atoms with Crippen LogP contribution in [0.15, 0.2) is 24.8 Å². The molecule has 0 aromatic rings. The lowest BCUT2D eigenvalue weighted by Crippen LogP contribution is -2.46. The quantitative estimate of drug-likeness (QED) is 0.720. The van der Waals surface area contributed by atoms with E-state index in [-0.39, 0.29) is 11.1 Å². The molecular weight excluding hydrogens is 296 g/mol. The maximum atomic E-state index is 2.49. The van der Waals surface area contributed by atoms with Gasteiger partial charge in [-0.05, 0) is 68.2 Å². The first kappa shape index (κ1) is 19.0. The molecular formula is C20H38N4. The van der Waals surface area contributed by atoms with Crippen LogP contribution in [0, 0.1) is 0 Å². The highest BCUT2D eigenvalue weighted by molar-refractivity contribution is 5.02. The Labute approximate surface area is 149 Å². The summed E-state index contributed by atoms with van der Waals surface area (Å²) < 4.78 is 0. The van der Waals surface area contributed by atoms with Crippen LogP contribution in [0.2, 0.25) is 0 Å². The molecule has 0 fully saturated rings. The van der Waals surface area contributed by atoms with Gasteiger partial charge in [0, 0.05) is 48.0 Å². The average Bonchev–Trinajstić information content (AvgIpc) is 3.13. The zero-order chi connectivity index (χ0) is 18.1. The second-order valence-corrected chi connectivity index (χ2v) is 9.31. The summed E-state index contributed by atoms with van der Waals surface area (Å²) in [4.78, 5) is 9.77. The first-order valence-electron chi connectivity index (χ1n) is 9.42. The van der Waals surface area contributed by atoms with Gasteiger partial charge >= 0.3 is 0 Å². The van der Waals surface area contributed by atoms with Crippen LogP contribution in [0.4, 0.5) is 0 Å². The molecule has 0 amide bonds. The Morgan fingerprint density at radius 1 is 0.792 bits per heavy atom. The monoisotopic (exact) mass is 334 g/mol. The van der Waals surface area contributed by atoms with Gasteiger partial charge in [-0.15, -0.1) is 0 Å². The summed E-state index contributed by atoms with van der Waals surface area (Å²) in [6.45, 7) is 20.4. The molecule has 0 bridgehead atoms. The molecule has 0 aliphatic carbocycles. The Morgan fingerprint density at radius 3 is 1.88 bits per heavy atom. The standard InChI is InChI=1S/C20H38N4/c1-17(2)21-11-12-22(15-21)18(3)9-10-20(7,8)24-14-13-23(16-24)19(4,5)6/h11-14,17-18H,9-10,15-16H2,1-8H3. The topological polar surface area (TPSA) is 13.0 Å². The predicted molar refractivity (Wildman–Crippen MR) is 103 cm³/mol. The van der Waals surface area contributed by atoms with Gasteiger partial charge in [-0.3, -0.25) is 0 Å². The van der Waals surface area contributed by atoms with Crippen molar-refractivity contribution in [2.75, 3.05) is 13.3 Å².